The Morgan fingerprint density at radius 3 is 2.93 bits per heavy atom. The van der Waals surface area contributed by atoms with Gasteiger partial charge in [0.05, 0.1) is 0 Å². The zero-order valence-corrected chi connectivity index (χ0v) is 8.38. The Morgan fingerprint density at radius 2 is 2.29 bits per heavy atom. The number of nitrogens with one attached hydrogen (secondary N) is 1. The van der Waals surface area contributed by atoms with E-state index < -0.39 is 0 Å². The minimum absolute atomic E-state index is 0.253. The van der Waals surface area contributed by atoms with E-state index in [1.54, 1.807) is 29.8 Å². The first kappa shape index (κ1) is 8.89. The van der Waals surface area contributed by atoms with Crippen molar-refractivity contribution in [2.45, 2.75) is 6.92 Å². The van der Waals surface area contributed by atoms with Gasteiger partial charge in [0.2, 0.25) is 5.95 Å². The van der Waals surface area contributed by atoms with Crippen molar-refractivity contribution in [3.05, 3.63) is 23.3 Å². The maximum atomic E-state index is 5.44. The quantitative estimate of drug-likeness (QED) is 0.781. The van der Waals surface area contributed by atoms with Crippen LogP contribution in [0, 0.1) is 6.92 Å². The summed E-state index contributed by atoms with van der Waals surface area (Å²) in [7, 11) is 0. The van der Waals surface area contributed by atoms with Crippen molar-refractivity contribution < 1.29 is 0 Å². The zero-order chi connectivity index (χ0) is 9.97. The molecule has 72 valence electrons. The van der Waals surface area contributed by atoms with Gasteiger partial charge in [0.1, 0.15) is 5.82 Å². The maximum Gasteiger partial charge on any atom is 0.221 e. The van der Waals surface area contributed by atoms with Gasteiger partial charge in [0.15, 0.2) is 5.13 Å². The highest BCUT2D eigenvalue weighted by molar-refractivity contribution is 7.15. The van der Waals surface area contributed by atoms with Crippen molar-refractivity contribution in [3.8, 4) is 0 Å². The number of aryl methyl sites for hydroxylation is 1. The van der Waals surface area contributed by atoms with Gasteiger partial charge >= 0.3 is 0 Å². The first-order valence-electron chi connectivity index (χ1n) is 4.02. The highest BCUT2D eigenvalue weighted by Gasteiger charge is 2.00. The highest BCUT2D eigenvalue weighted by Crippen LogP contribution is 2.20. The SMILES string of the molecule is Cc1cnc(Nc2ccnc(N)n2)s1. The molecule has 0 amide bonds. The monoisotopic (exact) mass is 207 g/mol. The van der Waals surface area contributed by atoms with Crippen LogP contribution in [0.2, 0.25) is 0 Å². The van der Waals surface area contributed by atoms with E-state index in [9.17, 15) is 0 Å². The lowest BCUT2D eigenvalue weighted by Gasteiger charge is -2.00. The Kier molecular flexibility index (Phi) is 2.28. The van der Waals surface area contributed by atoms with Gasteiger partial charge in [-0.25, -0.2) is 9.97 Å². The van der Waals surface area contributed by atoms with Crippen LogP contribution >= 0.6 is 11.3 Å². The normalized spacial score (nSPS) is 10.1. The number of nitrogens with two attached hydrogens (primary N) is 1. The minimum Gasteiger partial charge on any atom is -0.368 e. The van der Waals surface area contributed by atoms with Gasteiger partial charge in [-0.3, -0.25) is 0 Å². The average molecular weight is 207 g/mol. The van der Waals surface area contributed by atoms with Crippen LogP contribution in [-0.2, 0) is 0 Å². The largest absolute Gasteiger partial charge is 0.368 e. The first-order valence-corrected chi connectivity index (χ1v) is 4.83. The summed E-state index contributed by atoms with van der Waals surface area (Å²) in [5, 5.41) is 3.85. The number of anilines is 3. The van der Waals surface area contributed by atoms with Crippen LogP contribution in [0.1, 0.15) is 4.88 Å². The van der Waals surface area contributed by atoms with Gasteiger partial charge in [-0.05, 0) is 13.0 Å². The summed E-state index contributed by atoms with van der Waals surface area (Å²) < 4.78 is 0. The molecule has 0 aliphatic rings. The maximum absolute atomic E-state index is 5.44. The molecule has 3 N–H and O–H groups in total. The molecule has 0 radical (unpaired) electrons. The number of hydrogen-bond acceptors (Lipinski definition) is 6. The van der Waals surface area contributed by atoms with Crippen LogP contribution in [0.5, 0.6) is 0 Å². The number of nitrogen functional groups attached to an aromatic ring is 1. The second-order valence-corrected chi connectivity index (χ2v) is 3.94. The summed E-state index contributed by atoms with van der Waals surface area (Å²) in [5.41, 5.74) is 5.44. The molecule has 2 rings (SSSR count). The van der Waals surface area contributed by atoms with Gasteiger partial charge in [-0.1, -0.05) is 0 Å². The van der Waals surface area contributed by atoms with Crippen LogP contribution in [0.15, 0.2) is 18.5 Å². The Balaban J connectivity index is 2.18. The molecule has 2 aromatic heterocycles. The van der Waals surface area contributed by atoms with E-state index in [0.29, 0.717) is 5.82 Å². The number of aromatic nitrogens is 3. The van der Waals surface area contributed by atoms with Crippen molar-refractivity contribution in [2.75, 3.05) is 11.1 Å². The number of rotatable bonds is 2. The van der Waals surface area contributed by atoms with Gasteiger partial charge in [0.25, 0.3) is 0 Å². The molecule has 0 saturated heterocycles. The fourth-order valence-electron chi connectivity index (χ4n) is 0.965. The summed E-state index contributed by atoms with van der Waals surface area (Å²) in [6, 6.07) is 1.74. The molecular formula is C8H9N5S. The minimum atomic E-state index is 0.253. The lowest BCUT2D eigenvalue weighted by Crippen LogP contribution is -1.98. The highest BCUT2D eigenvalue weighted by atomic mass is 32.1. The summed E-state index contributed by atoms with van der Waals surface area (Å²) in [6.07, 6.45) is 3.41. The molecule has 0 unspecified atom stereocenters. The molecule has 0 spiro atoms. The molecule has 0 bridgehead atoms. The van der Waals surface area contributed by atoms with Crippen molar-refractivity contribution in [1.29, 1.82) is 0 Å². The number of nitrogens with zero attached hydrogens (tertiary/aromatic N) is 3. The van der Waals surface area contributed by atoms with Crippen molar-refractivity contribution in [3.63, 3.8) is 0 Å². The first-order chi connectivity index (χ1) is 6.74. The van der Waals surface area contributed by atoms with E-state index in [4.69, 9.17) is 5.73 Å². The van der Waals surface area contributed by atoms with Crippen LogP contribution in [0.25, 0.3) is 0 Å². The van der Waals surface area contributed by atoms with E-state index in [-0.39, 0.29) is 5.95 Å². The molecule has 0 aliphatic heterocycles. The summed E-state index contributed by atoms with van der Waals surface area (Å²) in [5.74, 6) is 0.912. The lowest BCUT2D eigenvalue weighted by atomic mass is 10.6. The number of hydrogen-bond donors (Lipinski definition) is 2. The van der Waals surface area contributed by atoms with Gasteiger partial charge in [-0.15, -0.1) is 11.3 Å². The zero-order valence-electron chi connectivity index (χ0n) is 7.56. The van der Waals surface area contributed by atoms with Gasteiger partial charge in [0, 0.05) is 17.3 Å². The van der Waals surface area contributed by atoms with E-state index >= 15 is 0 Å². The molecule has 0 saturated carbocycles. The van der Waals surface area contributed by atoms with Crippen molar-refractivity contribution >= 4 is 28.2 Å². The van der Waals surface area contributed by atoms with Gasteiger partial charge < -0.3 is 11.1 Å². The second-order valence-electron chi connectivity index (χ2n) is 2.70. The third kappa shape index (κ3) is 1.97. The van der Waals surface area contributed by atoms with Crippen LogP contribution in [-0.4, -0.2) is 15.0 Å². The summed E-state index contributed by atoms with van der Waals surface area (Å²) >= 11 is 1.56. The average Bonchev–Trinajstić information content (AvgIpc) is 2.51. The molecule has 2 heterocycles. The third-order valence-electron chi connectivity index (χ3n) is 1.53. The standard InChI is InChI=1S/C8H9N5S/c1-5-4-11-8(14-5)13-6-2-3-10-7(9)12-6/h2-4H,1H3,(H3,9,10,11,12,13). The smallest absolute Gasteiger partial charge is 0.221 e. The molecule has 14 heavy (non-hydrogen) atoms. The van der Waals surface area contributed by atoms with Crippen molar-refractivity contribution in [2.24, 2.45) is 0 Å². The second kappa shape index (κ2) is 3.59. The van der Waals surface area contributed by atoms with Crippen LogP contribution in [0.3, 0.4) is 0 Å². The molecule has 0 fully saturated rings. The number of thiazole rings is 1. The Morgan fingerprint density at radius 1 is 1.43 bits per heavy atom. The molecular weight excluding hydrogens is 198 g/mol. The van der Waals surface area contributed by atoms with E-state index in [2.05, 4.69) is 20.3 Å². The molecule has 0 aliphatic carbocycles. The topological polar surface area (TPSA) is 76.7 Å². The van der Waals surface area contributed by atoms with E-state index in [1.807, 2.05) is 6.92 Å². The Hall–Kier alpha value is -1.69. The Bertz CT molecular complexity index is 439. The molecule has 0 aromatic carbocycles. The van der Waals surface area contributed by atoms with Crippen LogP contribution < -0.4 is 11.1 Å². The van der Waals surface area contributed by atoms with E-state index in [1.165, 1.54) is 0 Å². The molecule has 5 nitrogen and oxygen atoms in total. The van der Waals surface area contributed by atoms with Gasteiger partial charge in [-0.2, -0.15) is 4.98 Å². The Labute approximate surface area is 85.0 Å². The van der Waals surface area contributed by atoms with E-state index in [0.717, 1.165) is 10.0 Å². The molecule has 2 aromatic rings. The van der Waals surface area contributed by atoms with Crippen LogP contribution in [0.4, 0.5) is 16.9 Å². The van der Waals surface area contributed by atoms with Crippen molar-refractivity contribution in [1.82, 2.24) is 15.0 Å². The predicted molar refractivity (Wildman–Crippen MR) is 56.6 cm³/mol. The summed E-state index contributed by atoms with van der Waals surface area (Å²) in [6.45, 7) is 2.00. The fraction of sp³-hybridized carbons (Fsp3) is 0.125. The lowest BCUT2D eigenvalue weighted by molar-refractivity contribution is 1.18. The molecule has 6 heteroatoms. The fourth-order valence-corrected chi connectivity index (χ4v) is 1.64. The predicted octanol–water partition coefficient (Wildman–Crippen LogP) is 1.57. The third-order valence-corrected chi connectivity index (χ3v) is 2.36. The molecule has 0 atom stereocenters. The summed E-state index contributed by atoms with van der Waals surface area (Å²) in [4.78, 5) is 13.1.